The fourth-order valence-corrected chi connectivity index (χ4v) is 1.02. The third-order valence-electron chi connectivity index (χ3n) is 1.62. The second kappa shape index (κ2) is 6.63. The van der Waals surface area contributed by atoms with Crippen molar-refractivity contribution in [2.24, 2.45) is 0 Å². The van der Waals surface area contributed by atoms with Crippen molar-refractivity contribution in [2.75, 3.05) is 6.54 Å². The Morgan fingerprint density at radius 3 is 1.89 bits per heavy atom. The zero-order chi connectivity index (χ0) is 15.3. The largest absolute Gasteiger partial charge is 0.509 e. The van der Waals surface area contributed by atoms with Crippen molar-refractivity contribution in [1.29, 1.82) is 0 Å². The molecule has 0 aromatic rings. The molecule has 0 saturated carbocycles. The molecule has 0 aliphatic carbocycles. The van der Waals surface area contributed by atoms with Crippen LogP contribution in [0.15, 0.2) is 0 Å². The summed E-state index contributed by atoms with van der Waals surface area (Å²) in [4.78, 5) is 22.7. The third-order valence-corrected chi connectivity index (χ3v) is 1.62. The van der Waals surface area contributed by atoms with Gasteiger partial charge in [-0.2, -0.15) is 0 Å². The van der Waals surface area contributed by atoms with E-state index in [9.17, 15) is 9.59 Å². The molecular weight excluding hydrogens is 250 g/mol. The number of carbonyl (C=O) groups is 2. The maximum atomic E-state index is 11.4. The minimum absolute atomic E-state index is 0.161. The van der Waals surface area contributed by atoms with Gasteiger partial charge in [-0.15, -0.1) is 0 Å². The van der Waals surface area contributed by atoms with E-state index in [0.717, 1.165) is 0 Å². The lowest BCUT2D eigenvalue weighted by molar-refractivity contribution is -0.0237. The monoisotopic (exact) mass is 275 g/mol. The van der Waals surface area contributed by atoms with Gasteiger partial charge in [-0.3, -0.25) is 0 Å². The molecule has 6 nitrogen and oxygen atoms in total. The van der Waals surface area contributed by atoms with Crippen molar-refractivity contribution in [1.82, 2.24) is 5.32 Å². The van der Waals surface area contributed by atoms with Crippen LogP contribution in [0.25, 0.3) is 0 Å². The fourth-order valence-electron chi connectivity index (χ4n) is 1.02. The van der Waals surface area contributed by atoms with Gasteiger partial charge in [0, 0.05) is 0 Å². The Labute approximate surface area is 114 Å². The Morgan fingerprint density at radius 1 is 1.00 bits per heavy atom. The summed E-state index contributed by atoms with van der Waals surface area (Å²) in [6, 6.07) is 0. The molecule has 1 atom stereocenters. The van der Waals surface area contributed by atoms with Crippen LogP contribution in [-0.2, 0) is 14.2 Å². The van der Waals surface area contributed by atoms with E-state index in [1.165, 1.54) is 0 Å². The molecule has 0 spiro atoms. The van der Waals surface area contributed by atoms with Crippen molar-refractivity contribution < 1.29 is 23.8 Å². The van der Waals surface area contributed by atoms with E-state index in [2.05, 4.69) is 5.32 Å². The molecule has 0 aromatic carbocycles. The third kappa shape index (κ3) is 11.4. The minimum Gasteiger partial charge on any atom is -0.444 e. The molecular formula is C13H25NO5. The molecule has 0 aliphatic rings. The Bertz CT molecular complexity index is 314. The summed E-state index contributed by atoms with van der Waals surface area (Å²) in [5, 5.41) is 2.51. The van der Waals surface area contributed by atoms with Crippen LogP contribution < -0.4 is 5.32 Å². The highest BCUT2D eigenvalue weighted by Gasteiger charge is 2.21. The van der Waals surface area contributed by atoms with Crippen LogP contribution in [0, 0.1) is 0 Å². The van der Waals surface area contributed by atoms with E-state index in [1.807, 2.05) is 0 Å². The first-order chi connectivity index (χ1) is 8.39. The Hall–Kier alpha value is -1.46. The van der Waals surface area contributed by atoms with Crippen molar-refractivity contribution in [3.8, 4) is 0 Å². The van der Waals surface area contributed by atoms with E-state index < -0.39 is 29.6 Å². The van der Waals surface area contributed by atoms with E-state index >= 15 is 0 Å². The highest BCUT2D eigenvalue weighted by Crippen LogP contribution is 2.09. The molecule has 0 aliphatic heterocycles. The first-order valence-corrected chi connectivity index (χ1v) is 6.25. The van der Waals surface area contributed by atoms with Crippen molar-refractivity contribution in [2.45, 2.75) is 65.8 Å². The number of nitrogens with one attached hydrogen (secondary N) is 1. The Kier molecular flexibility index (Phi) is 6.12. The standard InChI is InChI=1S/C13H25NO5/c1-9(17-11(16)19-13(5,6)7)8-14-10(15)18-12(2,3)4/h9H,8H2,1-7H3,(H,14,15). The van der Waals surface area contributed by atoms with Crippen LogP contribution in [-0.4, -0.2) is 36.1 Å². The quantitative estimate of drug-likeness (QED) is 0.802. The first kappa shape index (κ1) is 17.5. The zero-order valence-electron chi connectivity index (χ0n) is 12.8. The predicted octanol–water partition coefficient (Wildman–Crippen LogP) is 2.85. The number of rotatable bonds is 3. The van der Waals surface area contributed by atoms with Gasteiger partial charge in [-0.1, -0.05) is 0 Å². The van der Waals surface area contributed by atoms with E-state index in [0.29, 0.717) is 0 Å². The van der Waals surface area contributed by atoms with Crippen molar-refractivity contribution in [3.63, 3.8) is 0 Å². The van der Waals surface area contributed by atoms with Gasteiger partial charge in [0.25, 0.3) is 0 Å². The molecule has 0 heterocycles. The Morgan fingerprint density at radius 2 is 1.47 bits per heavy atom. The molecule has 6 heteroatoms. The molecule has 0 fully saturated rings. The van der Waals surface area contributed by atoms with Gasteiger partial charge in [0.2, 0.25) is 0 Å². The average molecular weight is 275 g/mol. The highest BCUT2D eigenvalue weighted by molar-refractivity contribution is 5.67. The topological polar surface area (TPSA) is 73.9 Å². The van der Waals surface area contributed by atoms with Gasteiger partial charge in [-0.05, 0) is 48.5 Å². The summed E-state index contributed by atoms with van der Waals surface area (Å²) >= 11 is 0. The van der Waals surface area contributed by atoms with E-state index in [1.54, 1.807) is 48.5 Å². The van der Waals surface area contributed by atoms with Gasteiger partial charge in [-0.25, -0.2) is 9.59 Å². The first-order valence-electron chi connectivity index (χ1n) is 6.25. The van der Waals surface area contributed by atoms with E-state index in [-0.39, 0.29) is 6.54 Å². The van der Waals surface area contributed by atoms with Crippen LogP contribution in [0.5, 0.6) is 0 Å². The number of hydrogen-bond donors (Lipinski definition) is 1. The SMILES string of the molecule is CC(CNC(=O)OC(C)(C)C)OC(=O)OC(C)(C)C. The smallest absolute Gasteiger partial charge is 0.444 e. The number of alkyl carbamates (subject to hydrolysis) is 1. The lowest BCUT2D eigenvalue weighted by atomic mass is 10.2. The van der Waals surface area contributed by atoms with Crippen LogP contribution in [0.3, 0.4) is 0 Å². The summed E-state index contributed by atoms with van der Waals surface area (Å²) in [5.41, 5.74) is -1.16. The van der Waals surface area contributed by atoms with Crippen LogP contribution in [0.4, 0.5) is 9.59 Å². The number of amides is 1. The van der Waals surface area contributed by atoms with E-state index in [4.69, 9.17) is 14.2 Å². The molecule has 0 bridgehead atoms. The maximum Gasteiger partial charge on any atom is 0.509 e. The molecule has 1 amide bonds. The molecule has 1 N–H and O–H groups in total. The normalized spacial score (nSPS) is 13.4. The van der Waals surface area contributed by atoms with Gasteiger partial charge in [0.05, 0.1) is 6.54 Å². The molecule has 0 aromatic heterocycles. The van der Waals surface area contributed by atoms with Gasteiger partial charge < -0.3 is 19.5 Å². The molecule has 112 valence electrons. The van der Waals surface area contributed by atoms with Crippen LogP contribution in [0.2, 0.25) is 0 Å². The summed E-state index contributed by atoms with van der Waals surface area (Å²) in [7, 11) is 0. The molecule has 0 saturated heterocycles. The van der Waals surface area contributed by atoms with Crippen LogP contribution in [0.1, 0.15) is 48.5 Å². The summed E-state index contributed by atoms with van der Waals surface area (Å²) in [6.45, 7) is 12.4. The highest BCUT2D eigenvalue weighted by atomic mass is 16.7. The van der Waals surface area contributed by atoms with Crippen molar-refractivity contribution in [3.05, 3.63) is 0 Å². The zero-order valence-corrected chi connectivity index (χ0v) is 12.8. The summed E-state index contributed by atoms with van der Waals surface area (Å²) in [6.07, 6.45) is -1.81. The minimum atomic E-state index is -0.758. The average Bonchev–Trinajstić information content (AvgIpc) is 2.08. The van der Waals surface area contributed by atoms with Gasteiger partial charge in [0.15, 0.2) is 0 Å². The van der Waals surface area contributed by atoms with Crippen molar-refractivity contribution >= 4 is 12.2 Å². The number of carbonyl (C=O) groups excluding carboxylic acids is 2. The molecule has 19 heavy (non-hydrogen) atoms. The lowest BCUT2D eigenvalue weighted by Crippen LogP contribution is -2.38. The molecule has 1 unspecified atom stereocenters. The number of ether oxygens (including phenoxy) is 3. The number of hydrogen-bond acceptors (Lipinski definition) is 5. The second-order valence-electron chi connectivity index (χ2n) is 6.28. The lowest BCUT2D eigenvalue weighted by Gasteiger charge is -2.22. The predicted molar refractivity (Wildman–Crippen MR) is 71.0 cm³/mol. The Balaban J connectivity index is 3.96. The maximum absolute atomic E-state index is 11.4. The fraction of sp³-hybridized carbons (Fsp3) is 0.846. The summed E-state index contributed by atoms with van der Waals surface area (Å²) in [5.74, 6) is 0. The molecule has 0 rings (SSSR count). The van der Waals surface area contributed by atoms with Gasteiger partial charge >= 0.3 is 12.2 Å². The van der Waals surface area contributed by atoms with Crippen LogP contribution >= 0.6 is 0 Å². The van der Waals surface area contributed by atoms with Gasteiger partial charge in [0.1, 0.15) is 17.3 Å². The summed E-state index contributed by atoms with van der Waals surface area (Å²) < 4.78 is 15.0. The second-order valence-corrected chi connectivity index (χ2v) is 6.28. The molecule has 0 radical (unpaired) electrons.